The molecule has 146 valence electrons. The quantitative estimate of drug-likeness (QED) is 0.517. The molecule has 7 heteroatoms. The Morgan fingerprint density at radius 3 is 2.08 bits per heavy atom. The van der Waals surface area contributed by atoms with Crippen LogP contribution in [0.15, 0.2) is 12.2 Å². The van der Waals surface area contributed by atoms with Crippen molar-refractivity contribution in [3.05, 3.63) is 12.2 Å². The third-order valence-corrected chi connectivity index (χ3v) is 6.50. The zero-order chi connectivity index (χ0) is 19.1. The smallest absolute Gasteiger partial charge is 0.422 e. The number of hydrogen-bond acceptors (Lipinski definition) is 4. The summed E-state index contributed by atoms with van der Waals surface area (Å²) in [6.07, 6.45) is 1.33. The average Bonchev–Trinajstić information content (AvgIpc) is 2.56. The van der Waals surface area contributed by atoms with Gasteiger partial charge in [0.1, 0.15) is 17.8 Å². The first-order valence-electron chi connectivity index (χ1n) is 9.30. The van der Waals surface area contributed by atoms with Gasteiger partial charge in [0.2, 0.25) is 0 Å². The van der Waals surface area contributed by atoms with Gasteiger partial charge >= 0.3 is 18.1 Å². The summed E-state index contributed by atoms with van der Waals surface area (Å²) in [5.74, 6) is 0.172. The van der Waals surface area contributed by atoms with Gasteiger partial charge in [-0.3, -0.25) is 4.79 Å². The fraction of sp³-hybridized carbons (Fsp3) is 0.789. The van der Waals surface area contributed by atoms with Crippen LogP contribution in [0.2, 0.25) is 0 Å². The first-order chi connectivity index (χ1) is 12.2. The Balaban J connectivity index is 1.53. The normalized spacial score (nSPS) is 35.2. The van der Waals surface area contributed by atoms with E-state index >= 15 is 0 Å². The zero-order valence-electron chi connectivity index (χ0n) is 14.9. The first kappa shape index (κ1) is 19.2. The SMILES string of the molecule is C=C(C(=O)OCCC(=O)OC1(CC)C2CC3CC(C2)CC1C3)C(F)(F)F. The van der Waals surface area contributed by atoms with Crippen LogP contribution in [-0.2, 0) is 19.1 Å². The van der Waals surface area contributed by atoms with Crippen molar-refractivity contribution in [2.75, 3.05) is 6.61 Å². The molecule has 0 spiro atoms. The van der Waals surface area contributed by atoms with Gasteiger partial charge in [0, 0.05) is 0 Å². The molecule has 4 bridgehead atoms. The lowest BCUT2D eigenvalue weighted by Gasteiger charge is -2.60. The van der Waals surface area contributed by atoms with Crippen molar-refractivity contribution < 1.29 is 32.2 Å². The van der Waals surface area contributed by atoms with Gasteiger partial charge < -0.3 is 9.47 Å². The van der Waals surface area contributed by atoms with Crippen LogP contribution in [0.25, 0.3) is 0 Å². The van der Waals surface area contributed by atoms with E-state index in [-0.39, 0.29) is 6.42 Å². The second-order valence-electron chi connectivity index (χ2n) is 7.95. The maximum atomic E-state index is 12.4. The molecule has 0 aromatic rings. The Kier molecular flexibility index (Phi) is 5.10. The number of rotatable bonds is 6. The summed E-state index contributed by atoms with van der Waals surface area (Å²) in [5, 5.41) is 0. The molecule has 0 aromatic heterocycles. The number of carbonyl (C=O) groups is 2. The molecule has 4 aliphatic rings. The highest BCUT2D eigenvalue weighted by atomic mass is 19.4. The van der Waals surface area contributed by atoms with Crippen molar-refractivity contribution in [1.29, 1.82) is 0 Å². The molecule has 0 heterocycles. The van der Waals surface area contributed by atoms with Crippen molar-refractivity contribution in [2.24, 2.45) is 23.7 Å². The maximum absolute atomic E-state index is 12.4. The zero-order valence-corrected chi connectivity index (χ0v) is 14.9. The summed E-state index contributed by atoms with van der Waals surface area (Å²) in [4.78, 5) is 23.6. The minimum atomic E-state index is -4.83. The number of hydrogen-bond donors (Lipinski definition) is 0. The second-order valence-corrected chi connectivity index (χ2v) is 7.95. The van der Waals surface area contributed by atoms with E-state index in [0.717, 1.165) is 43.9 Å². The van der Waals surface area contributed by atoms with Crippen LogP contribution < -0.4 is 0 Å². The van der Waals surface area contributed by atoms with Crippen molar-refractivity contribution in [3.8, 4) is 0 Å². The van der Waals surface area contributed by atoms with E-state index in [4.69, 9.17) is 4.74 Å². The van der Waals surface area contributed by atoms with Gasteiger partial charge in [0.25, 0.3) is 0 Å². The molecule has 4 fully saturated rings. The molecule has 4 rings (SSSR count). The Morgan fingerprint density at radius 1 is 1.08 bits per heavy atom. The van der Waals surface area contributed by atoms with Crippen LogP contribution in [0.3, 0.4) is 0 Å². The Bertz CT molecular complexity index is 568. The molecule has 4 nitrogen and oxygen atoms in total. The molecule has 0 aliphatic heterocycles. The Labute approximate surface area is 151 Å². The van der Waals surface area contributed by atoms with E-state index in [2.05, 4.69) is 11.3 Å². The fourth-order valence-electron chi connectivity index (χ4n) is 5.49. The van der Waals surface area contributed by atoms with Gasteiger partial charge in [0.05, 0.1) is 6.42 Å². The van der Waals surface area contributed by atoms with Gasteiger partial charge in [0.15, 0.2) is 0 Å². The summed E-state index contributed by atoms with van der Waals surface area (Å²) in [6, 6.07) is 0. The third kappa shape index (κ3) is 3.49. The number of ether oxygens (including phenoxy) is 2. The molecule has 0 aromatic carbocycles. The topological polar surface area (TPSA) is 52.6 Å². The van der Waals surface area contributed by atoms with Crippen molar-refractivity contribution in [2.45, 2.75) is 63.6 Å². The van der Waals surface area contributed by atoms with Crippen molar-refractivity contribution in [3.63, 3.8) is 0 Å². The highest BCUT2D eigenvalue weighted by molar-refractivity contribution is 5.89. The fourth-order valence-corrected chi connectivity index (χ4v) is 5.49. The number of carbonyl (C=O) groups excluding carboxylic acids is 2. The number of esters is 2. The van der Waals surface area contributed by atoms with Crippen LogP contribution in [0.1, 0.15) is 51.9 Å². The minimum Gasteiger partial charge on any atom is -0.461 e. The van der Waals surface area contributed by atoms with E-state index in [1.54, 1.807) is 0 Å². The third-order valence-electron chi connectivity index (χ3n) is 6.50. The van der Waals surface area contributed by atoms with E-state index in [1.807, 2.05) is 6.92 Å². The molecule has 26 heavy (non-hydrogen) atoms. The molecule has 4 saturated carbocycles. The van der Waals surface area contributed by atoms with Gasteiger partial charge in [-0.05, 0) is 62.2 Å². The van der Waals surface area contributed by atoms with Crippen LogP contribution in [0.4, 0.5) is 13.2 Å². The van der Waals surface area contributed by atoms with Crippen LogP contribution >= 0.6 is 0 Å². The summed E-state index contributed by atoms with van der Waals surface area (Å²) in [6.45, 7) is 4.27. The molecule has 0 atom stereocenters. The van der Waals surface area contributed by atoms with E-state index in [1.165, 1.54) is 6.42 Å². The largest absolute Gasteiger partial charge is 0.461 e. The van der Waals surface area contributed by atoms with Gasteiger partial charge in [-0.15, -0.1) is 0 Å². The summed E-state index contributed by atoms with van der Waals surface area (Å²) < 4.78 is 47.5. The monoisotopic (exact) mass is 374 g/mol. The molecule has 0 radical (unpaired) electrons. The molecular weight excluding hydrogens is 349 g/mol. The predicted molar refractivity (Wildman–Crippen MR) is 86.9 cm³/mol. The van der Waals surface area contributed by atoms with E-state index < -0.39 is 35.9 Å². The summed E-state index contributed by atoms with van der Waals surface area (Å²) >= 11 is 0. The van der Waals surface area contributed by atoms with Gasteiger partial charge in [-0.1, -0.05) is 13.5 Å². The van der Waals surface area contributed by atoms with Gasteiger partial charge in [-0.2, -0.15) is 13.2 Å². The molecule has 0 amide bonds. The average molecular weight is 374 g/mol. The molecule has 4 aliphatic carbocycles. The Hall–Kier alpha value is -1.53. The standard InChI is InChI=1S/C19H25F3O4/c1-3-18(14-7-12-6-13(9-14)10-15(18)8-12)26-16(23)4-5-25-17(24)11(2)19(20,21)22/h12-15H,2-10H2,1H3. The lowest BCUT2D eigenvalue weighted by atomic mass is 9.49. The molecular formula is C19H25F3O4. The summed E-state index contributed by atoms with van der Waals surface area (Å²) in [7, 11) is 0. The van der Waals surface area contributed by atoms with Crippen molar-refractivity contribution in [1.82, 2.24) is 0 Å². The van der Waals surface area contributed by atoms with Crippen LogP contribution in [0, 0.1) is 23.7 Å². The Morgan fingerprint density at radius 2 is 1.62 bits per heavy atom. The number of halogens is 3. The van der Waals surface area contributed by atoms with Crippen LogP contribution in [-0.4, -0.2) is 30.3 Å². The molecule has 0 N–H and O–H groups in total. The second kappa shape index (κ2) is 6.89. The predicted octanol–water partition coefficient (Wildman–Crippen LogP) is 4.19. The summed E-state index contributed by atoms with van der Waals surface area (Å²) in [5.41, 5.74) is -2.03. The highest BCUT2D eigenvalue weighted by Gasteiger charge is 2.58. The van der Waals surface area contributed by atoms with Crippen molar-refractivity contribution >= 4 is 11.9 Å². The van der Waals surface area contributed by atoms with Crippen LogP contribution in [0.5, 0.6) is 0 Å². The first-order valence-corrected chi connectivity index (χ1v) is 9.30. The lowest BCUT2D eigenvalue weighted by Crippen LogP contribution is -2.59. The van der Waals surface area contributed by atoms with E-state index in [9.17, 15) is 22.8 Å². The lowest BCUT2D eigenvalue weighted by molar-refractivity contribution is -0.211. The minimum absolute atomic E-state index is 0.245. The van der Waals surface area contributed by atoms with E-state index in [0.29, 0.717) is 11.8 Å². The highest BCUT2D eigenvalue weighted by Crippen LogP contribution is 2.60. The molecule has 0 unspecified atom stereocenters. The number of alkyl halides is 3. The maximum Gasteiger partial charge on any atom is 0.422 e. The van der Waals surface area contributed by atoms with Gasteiger partial charge in [-0.25, -0.2) is 4.79 Å². The molecule has 0 saturated heterocycles.